The Kier molecular flexibility index (Phi) is 5.50. The highest BCUT2D eigenvalue weighted by Crippen LogP contribution is 2.23. The van der Waals surface area contributed by atoms with Crippen LogP contribution in [0.15, 0.2) is 41.5 Å². The maximum atomic E-state index is 9.65. The minimum atomic E-state index is 0.193. The van der Waals surface area contributed by atoms with Crippen LogP contribution in [0.5, 0.6) is 11.5 Å². The van der Waals surface area contributed by atoms with Gasteiger partial charge in [-0.05, 0) is 58.2 Å². The quantitative estimate of drug-likeness (QED) is 0.599. The van der Waals surface area contributed by atoms with Crippen molar-refractivity contribution in [1.82, 2.24) is 0 Å². The van der Waals surface area contributed by atoms with Crippen molar-refractivity contribution in [2.75, 3.05) is 0 Å². The molecule has 18 heavy (non-hydrogen) atoms. The van der Waals surface area contributed by atoms with Gasteiger partial charge in [0.1, 0.15) is 11.5 Å². The molecule has 1 rings (SSSR count). The largest absolute Gasteiger partial charge is 0.508 e. The normalized spacial score (nSPS) is 11.4. The highest BCUT2D eigenvalue weighted by molar-refractivity contribution is 5.39. The van der Waals surface area contributed by atoms with Gasteiger partial charge >= 0.3 is 0 Å². The van der Waals surface area contributed by atoms with Crippen molar-refractivity contribution >= 4 is 0 Å². The highest BCUT2D eigenvalue weighted by atomic mass is 16.3. The molecular weight excluding hydrogens is 224 g/mol. The molecule has 1 aromatic carbocycles. The van der Waals surface area contributed by atoms with Crippen LogP contribution in [0.2, 0.25) is 0 Å². The topological polar surface area (TPSA) is 40.5 Å². The van der Waals surface area contributed by atoms with Crippen LogP contribution in [0.25, 0.3) is 0 Å². The first-order chi connectivity index (χ1) is 8.49. The molecule has 0 atom stereocenters. The van der Waals surface area contributed by atoms with E-state index in [4.69, 9.17) is 0 Å². The summed E-state index contributed by atoms with van der Waals surface area (Å²) in [7, 11) is 0. The van der Waals surface area contributed by atoms with Crippen LogP contribution in [0.1, 0.15) is 39.2 Å². The van der Waals surface area contributed by atoms with E-state index in [0.29, 0.717) is 6.42 Å². The number of hydrogen-bond donors (Lipinski definition) is 2. The fourth-order valence-corrected chi connectivity index (χ4v) is 1.71. The lowest BCUT2D eigenvalue weighted by Crippen LogP contribution is -1.85. The van der Waals surface area contributed by atoms with E-state index in [1.165, 1.54) is 23.3 Å². The van der Waals surface area contributed by atoms with Crippen LogP contribution in [0.3, 0.4) is 0 Å². The van der Waals surface area contributed by atoms with E-state index >= 15 is 0 Å². The van der Waals surface area contributed by atoms with Gasteiger partial charge in [0.05, 0.1) is 0 Å². The van der Waals surface area contributed by atoms with Gasteiger partial charge in [-0.3, -0.25) is 0 Å². The smallest absolute Gasteiger partial charge is 0.119 e. The Hall–Kier alpha value is -1.70. The van der Waals surface area contributed by atoms with Gasteiger partial charge in [0, 0.05) is 5.56 Å². The van der Waals surface area contributed by atoms with Crippen LogP contribution >= 0.6 is 0 Å². The van der Waals surface area contributed by atoms with Gasteiger partial charge in [-0.2, -0.15) is 0 Å². The Bertz CT molecular complexity index is 452. The second-order valence-electron chi connectivity index (χ2n) is 4.89. The van der Waals surface area contributed by atoms with Crippen molar-refractivity contribution in [1.29, 1.82) is 0 Å². The monoisotopic (exact) mass is 246 g/mol. The van der Waals surface area contributed by atoms with Gasteiger partial charge in [-0.25, -0.2) is 0 Å². The summed E-state index contributed by atoms with van der Waals surface area (Å²) < 4.78 is 0. The Labute approximate surface area is 109 Å². The SMILES string of the molecule is CC(C)=CCC/C(C)=C/Cc1cc(O)ccc1O. The molecule has 2 nitrogen and oxygen atoms in total. The van der Waals surface area contributed by atoms with Crippen LogP contribution < -0.4 is 0 Å². The molecule has 0 saturated heterocycles. The van der Waals surface area contributed by atoms with Crippen molar-refractivity contribution in [3.05, 3.63) is 47.1 Å². The van der Waals surface area contributed by atoms with Crippen molar-refractivity contribution in [2.24, 2.45) is 0 Å². The summed E-state index contributed by atoms with van der Waals surface area (Å²) in [4.78, 5) is 0. The number of rotatable bonds is 5. The minimum Gasteiger partial charge on any atom is -0.508 e. The first-order valence-electron chi connectivity index (χ1n) is 6.29. The number of phenols is 2. The predicted octanol–water partition coefficient (Wildman–Crippen LogP) is 4.33. The molecule has 0 fully saturated rings. The molecule has 0 unspecified atom stereocenters. The first kappa shape index (κ1) is 14.4. The van der Waals surface area contributed by atoms with Gasteiger partial charge in [0.2, 0.25) is 0 Å². The molecule has 0 spiro atoms. The van der Waals surface area contributed by atoms with Crippen molar-refractivity contribution < 1.29 is 10.2 Å². The molecule has 0 aliphatic heterocycles. The zero-order valence-corrected chi connectivity index (χ0v) is 11.4. The van der Waals surface area contributed by atoms with Crippen LogP contribution in [-0.2, 0) is 6.42 Å². The highest BCUT2D eigenvalue weighted by Gasteiger charge is 2.00. The van der Waals surface area contributed by atoms with E-state index in [0.717, 1.165) is 18.4 Å². The third-order valence-electron chi connectivity index (χ3n) is 2.82. The maximum Gasteiger partial charge on any atom is 0.119 e. The van der Waals surface area contributed by atoms with E-state index in [1.807, 2.05) is 0 Å². The number of benzene rings is 1. The lowest BCUT2D eigenvalue weighted by Gasteiger charge is -2.04. The fraction of sp³-hybridized carbons (Fsp3) is 0.375. The van der Waals surface area contributed by atoms with Gasteiger partial charge in [-0.1, -0.05) is 23.3 Å². The van der Waals surface area contributed by atoms with Crippen LogP contribution in [0, 0.1) is 0 Å². The molecule has 2 N–H and O–H groups in total. The van der Waals surface area contributed by atoms with Gasteiger partial charge < -0.3 is 10.2 Å². The molecule has 0 amide bonds. The van der Waals surface area contributed by atoms with E-state index in [-0.39, 0.29) is 11.5 Å². The van der Waals surface area contributed by atoms with E-state index in [2.05, 4.69) is 32.9 Å². The molecule has 0 aliphatic carbocycles. The zero-order valence-electron chi connectivity index (χ0n) is 11.4. The molecule has 0 bridgehead atoms. The Morgan fingerprint density at radius 1 is 1.11 bits per heavy atom. The molecule has 0 aliphatic rings. The van der Waals surface area contributed by atoms with Crippen molar-refractivity contribution in [2.45, 2.75) is 40.0 Å². The lowest BCUT2D eigenvalue weighted by molar-refractivity contribution is 0.455. The first-order valence-corrected chi connectivity index (χ1v) is 6.29. The second-order valence-corrected chi connectivity index (χ2v) is 4.89. The van der Waals surface area contributed by atoms with Crippen LogP contribution in [-0.4, -0.2) is 10.2 Å². The third-order valence-corrected chi connectivity index (χ3v) is 2.82. The van der Waals surface area contributed by atoms with E-state index in [1.54, 1.807) is 6.07 Å². The Morgan fingerprint density at radius 3 is 2.50 bits per heavy atom. The number of phenolic OH excluding ortho intramolecular Hbond substituents is 2. The van der Waals surface area contributed by atoms with E-state index < -0.39 is 0 Å². The summed E-state index contributed by atoms with van der Waals surface area (Å²) in [6.07, 6.45) is 7.07. The summed E-state index contributed by atoms with van der Waals surface area (Å²) in [5, 5.41) is 19.0. The standard InChI is InChI=1S/C16H22O2/c1-12(2)5-4-6-13(3)7-8-14-11-15(17)9-10-16(14)18/h5,7,9-11,17-18H,4,6,8H2,1-3H3/b13-7+. The molecule has 2 heteroatoms. The number of hydrogen-bond acceptors (Lipinski definition) is 2. The molecule has 0 saturated carbocycles. The number of aromatic hydroxyl groups is 2. The molecule has 98 valence electrons. The van der Waals surface area contributed by atoms with Gasteiger partial charge in [-0.15, -0.1) is 0 Å². The zero-order chi connectivity index (χ0) is 13.5. The predicted molar refractivity (Wildman–Crippen MR) is 75.9 cm³/mol. The average Bonchev–Trinajstić information content (AvgIpc) is 2.30. The molecule has 0 radical (unpaired) electrons. The van der Waals surface area contributed by atoms with Gasteiger partial charge in [0.15, 0.2) is 0 Å². The molecule has 1 aromatic rings. The molecule has 0 aromatic heterocycles. The summed E-state index contributed by atoms with van der Waals surface area (Å²) in [6.45, 7) is 6.30. The summed E-state index contributed by atoms with van der Waals surface area (Å²) in [5.41, 5.74) is 3.40. The second kappa shape index (κ2) is 6.90. The van der Waals surface area contributed by atoms with Gasteiger partial charge in [0.25, 0.3) is 0 Å². The minimum absolute atomic E-state index is 0.193. The molecule has 0 heterocycles. The Morgan fingerprint density at radius 2 is 1.83 bits per heavy atom. The lowest BCUT2D eigenvalue weighted by atomic mass is 10.1. The third kappa shape index (κ3) is 5.09. The van der Waals surface area contributed by atoms with Crippen LogP contribution in [0.4, 0.5) is 0 Å². The summed E-state index contributed by atoms with van der Waals surface area (Å²) >= 11 is 0. The number of allylic oxidation sites excluding steroid dienone is 4. The fourth-order valence-electron chi connectivity index (χ4n) is 1.71. The average molecular weight is 246 g/mol. The maximum absolute atomic E-state index is 9.65. The summed E-state index contributed by atoms with van der Waals surface area (Å²) in [6, 6.07) is 4.62. The van der Waals surface area contributed by atoms with Crippen molar-refractivity contribution in [3.8, 4) is 11.5 Å². The Balaban J connectivity index is 2.57. The van der Waals surface area contributed by atoms with Crippen molar-refractivity contribution in [3.63, 3.8) is 0 Å². The van der Waals surface area contributed by atoms with E-state index in [9.17, 15) is 10.2 Å². The molecular formula is C16H22O2. The summed E-state index contributed by atoms with van der Waals surface area (Å²) in [5.74, 6) is 0.430.